The first-order chi connectivity index (χ1) is 7.58. The van der Waals surface area contributed by atoms with Crippen LogP contribution in [0.2, 0.25) is 0 Å². The molecule has 0 aliphatic heterocycles. The maximum Gasteiger partial charge on any atom is 0.166 e. The highest BCUT2D eigenvalue weighted by Crippen LogP contribution is 2.33. The SMILES string of the molecule is O=C(Cc1ccc(F)cc1F)C(O)C1CC1. The van der Waals surface area contributed by atoms with Gasteiger partial charge in [0.05, 0.1) is 0 Å². The van der Waals surface area contributed by atoms with Crippen molar-refractivity contribution in [2.75, 3.05) is 0 Å². The number of carbonyl (C=O) groups excluding carboxylic acids is 1. The van der Waals surface area contributed by atoms with Gasteiger partial charge >= 0.3 is 0 Å². The fourth-order valence-corrected chi connectivity index (χ4v) is 1.63. The summed E-state index contributed by atoms with van der Waals surface area (Å²) < 4.78 is 25.8. The zero-order chi connectivity index (χ0) is 11.7. The normalized spacial score (nSPS) is 17.2. The maximum atomic E-state index is 13.2. The molecule has 1 aromatic rings. The molecule has 1 N–H and O–H groups in total. The number of rotatable bonds is 4. The van der Waals surface area contributed by atoms with Crippen LogP contribution in [0, 0.1) is 17.6 Å². The monoisotopic (exact) mass is 226 g/mol. The van der Waals surface area contributed by atoms with Gasteiger partial charge in [0.2, 0.25) is 0 Å². The molecule has 1 aliphatic carbocycles. The van der Waals surface area contributed by atoms with Gasteiger partial charge in [-0.15, -0.1) is 0 Å². The average molecular weight is 226 g/mol. The van der Waals surface area contributed by atoms with E-state index in [0.29, 0.717) is 0 Å². The predicted molar refractivity (Wildman–Crippen MR) is 53.8 cm³/mol. The third-order valence-electron chi connectivity index (χ3n) is 2.78. The summed E-state index contributed by atoms with van der Waals surface area (Å²) in [5.74, 6) is -1.77. The van der Waals surface area contributed by atoms with Gasteiger partial charge in [0.1, 0.15) is 17.7 Å². The second-order valence-corrected chi connectivity index (χ2v) is 4.16. The van der Waals surface area contributed by atoms with Crippen LogP contribution in [0.1, 0.15) is 18.4 Å². The van der Waals surface area contributed by atoms with Crippen molar-refractivity contribution in [1.82, 2.24) is 0 Å². The van der Waals surface area contributed by atoms with Crippen LogP contribution >= 0.6 is 0 Å². The fourth-order valence-electron chi connectivity index (χ4n) is 1.63. The lowest BCUT2D eigenvalue weighted by Crippen LogP contribution is -2.24. The summed E-state index contributed by atoms with van der Waals surface area (Å²) in [6.07, 6.45) is 0.519. The molecule has 1 unspecified atom stereocenters. The highest BCUT2D eigenvalue weighted by atomic mass is 19.1. The Hall–Kier alpha value is -1.29. The van der Waals surface area contributed by atoms with E-state index in [0.717, 1.165) is 25.0 Å². The minimum atomic E-state index is -0.996. The van der Waals surface area contributed by atoms with Gasteiger partial charge in [0, 0.05) is 12.5 Å². The highest BCUT2D eigenvalue weighted by molar-refractivity contribution is 5.85. The number of ketones is 1. The Bertz CT molecular complexity index is 413. The quantitative estimate of drug-likeness (QED) is 0.850. The molecule has 0 radical (unpaired) electrons. The van der Waals surface area contributed by atoms with Crippen molar-refractivity contribution >= 4 is 5.78 Å². The number of aliphatic hydroxyl groups excluding tert-OH is 1. The summed E-state index contributed by atoms with van der Waals surface area (Å²) in [5, 5.41) is 9.52. The molecule has 0 heterocycles. The van der Waals surface area contributed by atoms with E-state index in [9.17, 15) is 18.7 Å². The van der Waals surface area contributed by atoms with Gasteiger partial charge in [-0.3, -0.25) is 4.79 Å². The second kappa shape index (κ2) is 4.29. The Morgan fingerprint density at radius 3 is 2.69 bits per heavy atom. The lowest BCUT2D eigenvalue weighted by molar-refractivity contribution is -0.127. The molecule has 0 saturated heterocycles. The zero-order valence-corrected chi connectivity index (χ0v) is 8.62. The van der Waals surface area contributed by atoms with E-state index in [1.54, 1.807) is 0 Å². The summed E-state index contributed by atoms with van der Waals surface area (Å²) in [6, 6.07) is 3.09. The van der Waals surface area contributed by atoms with Crippen molar-refractivity contribution in [2.24, 2.45) is 5.92 Å². The Labute approximate surface area is 91.9 Å². The topological polar surface area (TPSA) is 37.3 Å². The zero-order valence-electron chi connectivity index (χ0n) is 8.62. The molecule has 2 nitrogen and oxygen atoms in total. The van der Waals surface area contributed by atoms with Crippen LogP contribution in [-0.4, -0.2) is 17.0 Å². The van der Waals surface area contributed by atoms with Gasteiger partial charge in [0.15, 0.2) is 5.78 Å². The van der Waals surface area contributed by atoms with Crippen LogP contribution < -0.4 is 0 Å². The summed E-state index contributed by atoms with van der Waals surface area (Å²) in [6.45, 7) is 0. The number of hydrogen-bond donors (Lipinski definition) is 1. The van der Waals surface area contributed by atoms with E-state index in [2.05, 4.69) is 0 Å². The average Bonchev–Trinajstić information content (AvgIpc) is 3.04. The first-order valence-electron chi connectivity index (χ1n) is 5.22. The van der Waals surface area contributed by atoms with Crippen molar-refractivity contribution in [3.05, 3.63) is 35.4 Å². The highest BCUT2D eigenvalue weighted by Gasteiger charge is 2.34. The molecule has 0 amide bonds. The molecular weight excluding hydrogens is 214 g/mol. The van der Waals surface area contributed by atoms with Crippen molar-refractivity contribution in [2.45, 2.75) is 25.4 Å². The molecule has 1 aromatic carbocycles. The molecule has 4 heteroatoms. The first kappa shape index (κ1) is 11.2. The number of halogens is 2. The van der Waals surface area contributed by atoms with Crippen LogP contribution in [0.4, 0.5) is 8.78 Å². The molecule has 1 aliphatic rings. The fraction of sp³-hybridized carbons (Fsp3) is 0.417. The maximum absolute atomic E-state index is 13.2. The molecule has 0 bridgehead atoms. The predicted octanol–water partition coefficient (Wildman–Crippen LogP) is 1.85. The molecule has 2 rings (SSSR count). The molecular formula is C12H12F2O2. The molecule has 0 aromatic heterocycles. The number of aliphatic hydroxyl groups is 1. The first-order valence-corrected chi connectivity index (χ1v) is 5.22. The van der Waals surface area contributed by atoms with Crippen molar-refractivity contribution in [3.8, 4) is 0 Å². The largest absolute Gasteiger partial charge is 0.385 e. The van der Waals surface area contributed by atoms with E-state index < -0.39 is 23.5 Å². The smallest absolute Gasteiger partial charge is 0.166 e. The number of Topliss-reactive ketones (excluding diaryl/α,β-unsaturated/α-hetero) is 1. The summed E-state index contributed by atoms with van der Waals surface area (Å²) in [7, 11) is 0. The molecule has 1 atom stereocenters. The molecule has 0 spiro atoms. The number of benzene rings is 1. The van der Waals surface area contributed by atoms with Gasteiger partial charge in [-0.05, 0) is 30.4 Å². The molecule has 1 saturated carbocycles. The second-order valence-electron chi connectivity index (χ2n) is 4.16. The molecule has 86 valence electrons. The van der Waals surface area contributed by atoms with Gasteiger partial charge in [-0.1, -0.05) is 6.07 Å². The molecule has 1 fully saturated rings. The number of carbonyl (C=O) groups is 1. The van der Waals surface area contributed by atoms with E-state index in [1.165, 1.54) is 6.07 Å². The standard InChI is InChI=1S/C12H12F2O2/c13-9-4-3-8(10(14)6-9)5-11(15)12(16)7-1-2-7/h3-4,6-7,12,16H,1-2,5H2. The van der Waals surface area contributed by atoms with Crippen molar-refractivity contribution in [3.63, 3.8) is 0 Å². The lowest BCUT2D eigenvalue weighted by atomic mass is 10.0. The van der Waals surface area contributed by atoms with Gasteiger partial charge in [-0.25, -0.2) is 8.78 Å². The van der Waals surface area contributed by atoms with Gasteiger partial charge < -0.3 is 5.11 Å². The summed E-state index contributed by atoms with van der Waals surface area (Å²) in [4.78, 5) is 11.5. The Morgan fingerprint density at radius 2 is 2.12 bits per heavy atom. The van der Waals surface area contributed by atoms with Crippen LogP contribution in [0.15, 0.2) is 18.2 Å². The molecule has 16 heavy (non-hydrogen) atoms. The van der Waals surface area contributed by atoms with E-state index in [1.807, 2.05) is 0 Å². The van der Waals surface area contributed by atoms with Gasteiger partial charge in [0.25, 0.3) is 0 Å². The summed E-state index contributed by atoms with van der Waals surface area (Å²) in [5.41, 5.74) is 0.131. The van der Waals surface area contributed by atoms with Gasteiger partial charge in [-0.2, -0.15) is 0 Å². The number of hydrogen-bond acceptors (Lipinski definition) is 2. The van der Waals surface area contributed by atoms with Crippen LogP contribution in [0.5, 0.6) is 0 Å². The lowest BCUT2D eigenvalue weighted by Gasteiger charge is -2.08. The summed E-state index contributed by atoms with van der Waals surface area (Å²) >= 11 is 0. The van der Waals surface area contributed by atoms with Crippen molar-refractivity contribution in [1.29, 1.82) is 0 Å². The minimum absolute atomic E-state index is 0.0380. The van der Waals surface area contributed by atoms with Crippen LogP contribution in [-0.2, 0) is 11.2 Å². The third-order valence-corrected chi connectivity index (χ3v) is 2.78. The third kappa shape index (κ3) is 2.44. The van der Waals surface area contributed by atoms with Crippen LogP contribution in [0.25, 0.3) is 0 Å². The Balaban J connectivity index is 2.05. The van der Waals surface area contributed by atoms with E-state index in [4.69, 9.17) is 0 Å². The Morgan fingerprint density at radius 1 is 1.44 bits per heavy atom. The van der Waals surface area contributed by atoms with Crippen LogP contribution in [0.3, 0.4) is 0 Å². The van der Waals surface area contributed by atoms with E-state index in [-0.39, 0.29) is 17.9 Å². The van der Waals surface area contributed by atoms with Crippen molar-refractivity contribution < 1.29 is 18.7 Å². The van der Waals surface area contributed by atoms with E-state index >= 15 is 0 Å². The Kier molecular flexibility index (Phi) is 3.01. The minimum Gasteiger partial charge on any atom is -0.385 e.